The van der Waals surface area contributed by atoms with Crippen LogP contribution in [-0.4, -0.2) is 19.9 Å². The summed E-state index contributed by atoms with van der Waals surface area (Å²) in [6, 6.07) is 7.51. The minimum Gasteiger partial charge on any atom is -0.238 e. The number of aromatic nitrogens is 4. The lowest BCUT2D eigenvalue weighted by Gasteiger charge is -2.12. The smallest absolute Gasteiger partial charge is 0.232 e. The number of rotatable bonds is 4. The summed E-state index contributed by atoms with van der Waals surface area (Å²) >= 11 is 0. The first-order valence-electron chi connectivity index (χ1n) is 7.04. The van der Waals surface area contributed by atoms with Crippen molar-refractivity contribution in [2.45, 2.75) is 39.0 Å². The van der Waals surface area contributed by atoms with Crippen LogP contribution in [0.25, 0.3) is 0 Å². The van der Waals surface area contributed by atoms with Gasteiger partial charge in [-0.05, 0) is 18.1 Å². The number of hydrogen-bond acceptors (Lipinski definition) is 6. The minimum atomic E-state index is 0.0315. The summed E-state index contributed by atoms with van der Waals surface area (Å²) in [5, 5.41) is 18.0. The maximum absolute atomic E-state index is 9.09. The Bertz CT molecular complexity index is 754. The van der Waals surface area contributed by atoms with E-state index in [1.807, 2.05) is 26.8 Å². The molecule has 0 aliphatic heterocycles. The fourth-order valence-corrected chi connectivity index (χ4v) is 2.04. The van der Waals surface area contributed by atoms with Crippen molar-refractivity contribution in [3.05, 3.63) is 47.1 Å². The van der Waals surface area contributed by atoms with Gasteiger partial charge in [0.1, 0.15) is 23.7 Å². The molecule has 0 saturated carbocycles. The predicted molar refractivity (Wildman–Crippen MR) is 79.7 cm³/mol. The first kappa shape index (κ1) is 15.5. The van der Waals surface area contributed by atoms with E-state index < -0.39 is 0 Å². The van der Waals surface area contributed by atoms with Gasteiger partial charge in [-0.25, -0.2) is 19.9 Å². The van der Waals surface area contributed by atoms with Crippen LogP contribution in [0.1, 0.15) is 61.3 Å². The molecular weight excluding hydrogens is 276 g/mol. The van der Waals surface area contributed by atoms with Gasteiger partial charge in [0.15, 0.2) is 0 Å². The van der Waals surface area contributed by atoms with Gasteiger partial charge in [0.25, 0.3) is 0 Å². The zero-order valence-electron chi connectivity index (χ0n) is 12.8. The van der Waals surface area contributed by atoms with Crippen LogP contribution in [0.15, 0.2) is 18.3 Å². The Kier molecular flexibility index (Phi) is 4.75. The molecule has 0 radical (unpaired) electrons. The van der Waals surface area contributed by atoms with Crippen LogP contribution >= 0.6 is 0 Å². The van der Waals surface area contributed by atoms with Gasteiger partial charge in [-0.15, -0.1) is 0 Å². The average molecular weight is 292 g/mol. The third-order valence-corrected chi connectivity index (χ3v) is 3.27. The molecule has 0 spiro atoms. The lowest BCUT2D eigenvalue weighted by Crippen LogP contribution is -2.09. The Morgan fingerprint density at radius 1 is 1.05 bits per heavy atom. The predicted octanol–water partition coefficient (Wildman–Crippen LogP) is 2.48. The Hall–Kier alpha value is -2.86. The first-order chi connectivity index (χ1) is 10.5. The minimum absolute atomic E-state index is 0.0315. The van der Waals surface area contributed by atoms with Crippen molar-refractivity contribution in [2.24, 2.45) is 0 Å². The van der Waals surface area contributed by atoms with Crippen molar-refractivity contribution in [3.63, 3.8) is 0 Å². The fraction of sp³-hybridized carbons (Fsp3) is 0.375. The van der Waals surface area contributed by atoms with Gasteiger partial charge in [-0.1, -0.05) is 20.8 Å². The van der Waals surface area contributed by atoms with E-state index in [4.69, 9.17) is 10.5 Å². The Morgan fingerprint density at radius 2 is 1.82 bits per heavy atom. The van der Waals surface area contributed by atoms with Crippen molar-refractivity contribution >= 4 is 0 Å². The number of hydrogen-bond donors (Lipinski definition) is 0. The lowest BCUT2D eigenvalue weighted by atomic mass is 10.0. The molecule has 22 heavy (non-hydrogen) atoms. The van der Waals surface area contributed by atoms with Gasteiger partial charge in [0, 0.05) is 29.9 Å². The summed E-state index contributed by atoms with van der Waals surface area (Å²) in [6.07, 6.45) is 2.13. The normalized spacial score (nSPS) is 11.7. The van der Waals surface area contributed by atoms with Crippen LogP contribution < -0.4 is 0 Å². The monoisotopic (exact) mass is 292 g/mol. The molecule has 2 aromatic heterocycles. The van der Waals surface area contributed by atoms with Crippen molar-refractivity contribution < 1.29 is 0 Å². The molecule has 2 rings (SSSR count). The highest BCUT2D eigenvalue weighted by Gasteiger charge is 2.14. The van der Waals surface area contributed by atoms with Crippen molar-refractivity contribution in [2.75, 3.05) is 0 Å². The van der Waals surface area contributed by atoms with Gasteiger partial charge < -0.3 is 0 Å². The third-order valence-electron chi connectivity index (χ3n) is 3.27. The van der Waals surface area contributed by atoms with E-state index in [1.165, 1.54) is 0 Å². The van der Waals surface area contributed by atoms with Crippen molar-refractivity contribution in [3.8, 4) is 12.1 Å². The van der Waals surface area contributed by atoms with E-state index in [2.05, 4.69) is 26.0 Å². The summed E-state index contributed by atoms with van der Waals surface area (Å²) < 4.78 is 0. The van der Waals surface area contributed by atoms with Crippen LogP contribution in [0.2, 0.25) is 0 Å². The Labute approximate surface area is 129 Å². The quantitative estimate of drug-likeness (QED) is 0.858. The largest absolute Gasteiger partial charge is 0.238 e. The second kappa shape index (κ2) is 6.73. The van der Waals surface area contributed by atoms with E-state index >= 15 is 0 Å². The highest BCUT2D eigenvalue weighted by molar-refractivity contribution is 5.25. The van der Waals surface area contributed by atoms with Gasteiger partial charge in [0.2, 0.25) is 5.82 Å². The summed E-state index contributed by atoms with van der Waals surface area (Å²) in [7, 11) is 0. The third kappa shape index (κ3) is 3.62. The second-order valence-electron chi connectivity index (χ2n) is 5.38. The number of nitriles is 2. The Balaban J connectivity index is 2.28. The van der Waals surface area contributed by atoms with Crippen molar-refractivity contribution in [1.29, 1.82) is 10.5 Å². The van der Waals surface area contributed by atoms with E-state index in [9.17, 15) is 0 Å². The van der Waals surface area contributed by atoms with Crippen LogP contribution in [0.5, 0.6) is 0 Å². The van der Waals surface area contributed by atoms with Crippen molar-refractivity contribution in [1.82, 2.24) is 19.9 Å². The van der Waals surface area contributed by atoms with Crippen LogP contribution in [0, 0.1) is 22.7 Å². The molecule has 2 aromatic rings. The lowest BCUT2D eigenvalue weighted by molar-refractivity contribution is 0.676. The second-order valence-corrected chi connectivity index (χ2v) is 5.38. The summed E-state index contributed by atoms with van der Waals surface area (Å²) in [5.74, 6) is 1.03. The summed E-state index contributed by atoms with van der Waals surface area (Å²) in [5.41, 5.74) is 2.00. The average Bonchev–Trinajstić information content (AvgIpc) is 2.54. The van der Waals surface area contributed by atoms with Crippen LogP contribution in [0.4, 0.5) is 0 Å². The Morgan fingerprint density at radius 3 is 2.45 bits per heavy atom. The maximum atomic E-state index is 9.09. The molecule has 0 aromatic carbocycles. The summed E-state index contributed by atoms with van der Waals surface area (Å²) in [6.45, 7) is 6.04. The highest BCUT2D eigenvalue weighted by atomic mass is 14.9. The van der Waals surface area contributed by atoms with Crippen LogP contribution in [-0.2, 0) is 6.42 Å². The molecule has 0 bridgehead atoms. The van der Waals surface area contributed by atoms with E-state index in [1.54, 1.807) is 18.3 Å². The molecule has 0 aliphatic carbocycles. The molecule has 0 saturated heterocycles. The van der Waals surface area contributed by atoms with E-state index in [0.717, 1.165) is 11.4 Å². The molecule has 0 aliphatic rings. The molecule has 0 amide bonds. The van der Waals surface area contributed by atoms with Crippen LogP contribution in [0.3, 0.4) is 0 Å². The molecule has 1 atom stereocenters. The van der Waals surface area contributed by atoms with Gasteiger partial charge in [-0.2, -0.15) is 10.5 Å². The van der Waals surface area contributed by atoms with E-state index in [0.29, 0.717) is 17.9 Å². The first-order valence-corrected chi connectivity index (χ1v) is 7.04. The topological polar surface area (TPSA) is 99.1 Å². The molecule has 1 unspecified atom stereocenters. The van der Waals surface area contributed by atoms with E-state index in [-0.39, 0.29) is 17.7 Å². The van der Waals surface area contributed by atoms with Gasteiger partial charge in [-0.3, -0.25) is 0 Å². The molecular formula is C16H16N6. The highest BCUT2D eigenvalue weighted by Crippen LogP contribution is 2.19. The molecule has 110 valence electrons. The van der Waals surface area contributed by atoms with Gasteiger partial charge >= 0.3 is 0 Å². The molecule has 2 heterocycles. The molecule has 6 nitrogen and oxygen atoms in total. The summed E-state index contributed by atoms with van der Waals surface area (Å²) in [4.78, 5) is 16.8. The molecule has 6 heteroatoms. The van der Waals surface area contributed by atoms with Gasteiger partial charge in [0.05, 0.1) is 0 Å². The number of nitrogens with zero attached hydrogens (tertiary/aromatic N) is 6. The maximum Gasteiger partial charge on any atom is 0.232 e. The molecule has 0 N–H and O–H groups in total. The zero-order chi connectivity index (χ0) is 16.1. The zero-order valence-corrected chi connectivity index (χ0v) is 12.8. The SMILES string of the molecule is CC(C)c1cc(C#N)nc(CC(C)c2ccnc(C#N)n2)n1. The standard InChI is InChI=1S/C16H16N6/c1-10(2)14-7-12(8-17)20-15(22-14)6-11(3)13-4-5-19-16(9-18)21-13/h4-5,7,10-11H,6H2,1-3H3. The fourth-order valence-electron chi connectivity index (χ4n) is 2.04. The molecule has 0 fully saturated rings.